The maximum atomic E-state index is 13.0. The summed E-state index contributed by atoms with van der Waals surface area (Å²) in [5.74, 6) is 1.30. The Balaban J connectivity index is 1.24. The minimum Gasteiger partial charge on any atom is -0.339 e. The van der Waals surface area contributed by atoms with Crippen LogP contribution in [0.4, 0.5) is 0 Å². The van der Waals surface area contributed by atoms with Gasteiger partial charge in [-0.2, -0.15) is 5.10 Å². The van der Waals surface area contributed by atoms with Crippen LogP contribution in [0.15, 0.2) is 61.1 Å². The lowest BCUT2D eigenvalue weighted by atomic mass is 9.95. The number of fused-ring (bicyclic) bond motifs is 1. The average molecular weight is 421 g/mol. The molecule has 1 aliphatic heterocycles. The molecule has 0 saturated carbocycles. The molecule has 1 fully saturated rings. The number of piperidine rings is 1. The smallest absolute Gasteiger partial charge is 0.257 e. The van der Waals surface area contributed by atoms with Crippen LogP contribution in [0.25, 0.3) is 5.65 Å². The van der Waals surface area contributed by atoms with Crippen molar-refractivity contribution in [2.45, 2.75) is 25.3 Å². The van der Waals surface area contributed by atoms with Gasteiger partial charge < -0.3 is 4.90 Å². The minimum atomic E-state index is 0.0185. The standard InChI is InChI=1S/C22H21ClN6O/c23-19-6-2-1-5-17(19)14-28-15-18(13-24-28)22(30)27-11-8-16(9-12-27)21-26-25-20-7-3-4-10-29(20)21/h1-7,10,13,15-16H,8-9,11-12,14H2. The van der Waals surface area contributed by atoms with Gasteiger partial charge in [0.1, 0.15) is 5.82 Å². The number of amides is 1. The second-order valence-electron chi connectivity index (χ2n) is 7.57. The first-order chi connectivity index (χ1) is 14.7. The van der Waals surface area contributed by atoms with Crippen LogP contribution in [0, 0.1) is 0 Å². The Bertz CT molecular complexity index is 1190. The molecule has 0 atom stereocenters. The van der Waals surface area contributed by atoms with E-state index in [1.807, 2.05) is 58.0 Å². The molecule has 1 aromatic carbocycles. The molecule has 0 unspecified atom stereocenters. The van der Waals surface area contributed by atoms with Crippen LogP contribution in [0.3, 0.4) is 0 Å². The van der Waals surface area contributed by atoms with Gasteiger partial charge in [0.15, 0.2) is 5.65 Å². The Morgan fingerprint density at radius 1 is 1.07 bits per heavy atom. The number of likely N-dealkylation sites (tertiary alicyclic amines) is 1. The summed E-state index contributed by atoms with van der Waals surface area (Å²) in [7, 11) is 0. The van der Waals surface area contributed by atoms with E-state index in [4.69, 9.17) is 11.6 Å². The maximum absolute atomic E-state index is 13.0. The number of carbonyl (C=O) groups is 1. The van der Waals surface area contributed by atoms with Gasteiger partial charge in [-0.25, -0.2) is 0 Å². The first-order valence-corrected chi connectivity index (χ1v) is 10.4. The van der Waals surface area contributed by atoms with Crippen molar-refractivity contribution < 1.29 is 4.79 Å². The lowest BCUT2D eigenvalue weighted by Crippen LogP contribution is -2.38. The van der Waals surface area contributed by atoms with Crippen molar-refractivity contribution >= 4 is 23.2 Å². The molecule has 1 saturated heterocycles. The highest BCUT2D eigenvalue weighted by Gasteiger charge is 2.27. The Kier molecular flexibility index (Phi) is 4.96. The number of carbonyl (C=O) groups excluding carboxylic acids is 1. The largest absolute Gasteiger partial charge is 0.339 e. The summed E-state index contributed by atoms with van der Waals surface area (Å²) in [5.41, 5.74) is 2.44. The number of hydrogen-bond donors (Lipinski definition) is 0. The zero-order valence-corrected chi connectivity index (χ0v) is 17.1. The lowest BCUT2D eigenvalue weighted by Gasteiger charge is -2.31. The van der Waals surface area contributed by atoms with E-state index in [9.17, 15) is 4.79 Å². The number of pyridine rings is 1. The third kappa shape index (κ3) is 3.57. The third-order valence-corrected chi connectivity index (χ3v) is 6.03. The molecule has 152 valence electrons. The van der Waals surface area contributed by atoms with Crippen LogP contribution in [0.5, 0.6) is 0 Å². The Morgan fingerprint density at radius 3 is 2.70 bits per heavy atom. The van der Waals surface area contributed by atoms with Gasteiger partial charge >= 0.3 is 0 Å². The summed E-state index contributed by atoms with van der Waals surface area (Å²) >= 11 is 6.23. The number of halogens is 1. The molecule has 0 aliphatic carbocycles. The molecule has 8 heteroatoms. The van der Waals surface area contributed by atoms with Gasteiger partial charge in [0.05, 0.1) is 18.3 Å². The first kappa shape index (κ1) is 18.8. The molecule has 0 bridgehead atoms. The Morgan fingerprint density at radius 2 is 1.87 bits per heavy atom. The Labute approximate surface area is 178 Å². The summed E-state index contributed by atoms with van der Waals surface area (Å²) in [6, 6.07) is 13.6. The van der Waals surface area contributed by atoms with Crippen molar-refractivity contribution in [3.05, 3.63) is 83.0 Å². The zero-order valence-electron chi connectivity index (χ0n) is 16.4. The zero-order chi connectivity index (χ0) is 20.5. The third-order valence-electron chi connectivity index (χ3n) is 5.66. The number of nitrogens with zero attached hydrogens (tertiary/aromatic N) is 6. The van der Waals surface area contributed by atoms with Crippen LogP contribution in [-0.2, 0) is 6.54 Å². The van der Waals surface area contributed by atoms with Gasteiger partial charge in [0.2, 0.25) is 0 Å². The van der Waals surface area contributed by atoms with Crippen LogP contribution >= 0.6 is 11.6 Å². The molecule has 0 N–H and O–H groups in total. The van der Waals surface area contributed by atoms with Crippen LogP contribution in [0.1, 0.15) is 40.5 Å². The van der Waals surface area contributed by atoms with Gasteiger partial charge in [-0.05, 0) is 36.6 Å². The van der Waals surface area contributed by atoms with Gasteiger partial charge in [0, 0.05) is 36.4 Å². The van der Waals surface area contributed by atoms with E-state index in [0.717, 1.165) is 29.9 Å². The highest BCUT2D eigenvalue weighted by molar-refractivity contribution is 6.31. The van der Waals surface area contributed by atoms with Gasteiger partial charge in [0.25, 0.3) is 5.91 Å². The average Bonchev–Trinajstić information content (AvgIpc) is 3.42. The molecular weight excluding hydrogens is 400 g/mol. The van der Waals surface area contributed by atoms with Crippen molar-refractivity contribution in [3.63, 3.8) is 0 Å². The van der Waals surface area contributed by atoms with Crippen molar-refractivity contribution in [1.82, 2.24) is 29.3 Å². The molecule has 3 aromatic heterocycles. The quantitative estimate of drug-likeness (QED) is 0.505. The second kappa shape index (κ2) is 7.91. The predicted octanol–water partition coefficient (Wildman–Crippen LogP) is 3.65. The number of rotatable bonds is 4. The monoisotopic (exact) mass is 420 g/mol. The molecule has 1 amide bonds. The first-order valence-electron chi connectivity index (χ1n) is 10.0. The van der Waals surface area contributed by atoms with Crippen LogP contribution in [0.2, 0.25) is 5.02 Å². The van der Waals surface area contributed by atoms with Crippen molar-refractivity contribution in [2.24, 2.45) is 0 Å². The molecule has 4 aromatic rings. The molecule has 0 spiro atoms. The summed E-state index contributed by atoms with van der Waals surface area (Å²) in [5, 5.41) is 13.7. The summed E-state index contributed by atoms with van der Waals surface area (Å²) in [4.78, 5) is 14.9. The molecule has 7 nitrogen and oxygen atoms in total. The predicted molar refractivity (Wildman–Crippen MR) is 114 cm³/mol. The van der Waals surface area contributed by atoms with E-state index in [1.54, 1.807) is 17.1 Å². The lowest BCUT2D eigenvalue weighted by molar-refractivity contribution is 0.0711. The minimum absolute atomic E-state index is 0.0185. The van der Waals surface area contributed by atoms with E-state index in [2.05, 4.69) is 15.3 Å². The highest BCUT2D eigenvalue weighted by atomic mass is 35.5. The Hall–Kier alpha value is -3.19. The van der Waals surface area contributed by atoms with E-state index in [1.165, 1.54) is 0 Å². The molecule has 4 heterocycles. The SMILES string of the molecule is O=C(c1cnn(Cc2ccccc2Cl)c1)N1CCC(c2nnc3ccccn23)CC1. The number of benzene rings is 1. The van der Waals surface area contributed by atoms with Crippen molar-refractivity contribution in [1.29, 1.82) is 0 Å². The normalized spacial score (nSPS) is 15.0. The fourth-order valence-electron chi connectivity index (χ4n) is 4.02. The van der Waals surface area contributed by atoms with E-state index in [0.29, 0.717) is 36.1 Å². The van der Waals surface area contributed by atoms with Crippen LogP contribution in [-0.4, -0.2) is 48.3 Å². The highest BCUT2D eigenvalue weighted by Crippen LogP contribution is 2.28. The topological polar surface area (TPSA) is 68.3 Å². The second-order valence-corrected chi connectivity index (χ2v) is 7.98. The number of hydrogen-bond acceptors (Lipinski definition) is 4. The molecule has 1 aliphatic rings. The number of aromatic nitrogens is 5. The molecule has 30 heavy (non-hydrogen) atoms. The maximum Gasteiger partial charge on any atom is 0.257 e. The fraction of sp³-hybridized carbons (Fsp3) is 0.273. The fourth-order valence-corrected chi connectivity index (χ4v) is 4.22. The van der Waals surface area contributed by atoms with Gasteiger partial charge in [-0.3, -0.25) is 13.9 Å². The van der Waals surface area contributed by atoms with E-state index < -0.39 is 0 Å². The molecular formula is C22H21ClN6O. The van der Waals surface area contributed by atoms with E-state index >= 15 is 0 Å². The van der Waals surface area contributed by atoms with Gasteiger partial charge in [-0.1, -0.05) is 35.9 Å². The summed E-state index contributed by atoms with van der Waals surface area (Å²) < 4.78 is 3.80. The van der Waals surface area contributed by atoms with Gasteiger partial charge in [-0.15, -0.1) is 10.2 Å². The van der Waals surface area contributed by atoms with Crippen molar-refractivity contribution in [3.8, 4) is 0 Å². The van der Waals surface area contributed by atoms with E-state index in [-0.39, 0.29) is 5.91 Å². The summed E-state index contributed by atoms with van der Waals surface area (Å²) in [6.07, 6.45) is 7.17. The summed E-state index contributed by atoms with van der Waals surface area (Å²) in [6.45, 7) is 1.93. The molecule has 0 radical (unpaired) electrons. The van der Waals surface area contributed by atoms with Crippen LogP contribution < -0.4 is 0 Å². The molecule has 5 rings (SSSR count). The van der Waals surface area contributed by atoms with Crippen molar-refractivity contribution in [2.75, 3.05) is 13.1 Å².